The van der Waals surface area contributed by atoms with Gasteiger partial charge in [-0.2, -0.15) is 4.31 Å². The first-order valence-electron chi connectivity index (χ1n) is 5.29. The molecule has 0 saturated heterocycles. The van der Waals surface area contributed by atoms with E-state index in [9.17, 15) is 18.0 Å². The molecule has 1 aromatic carbocycles. The molecule has 0 heterocycles. The molecule has 0 saturated carbocycles. The molecule has 0 aliphatic rings. The van der Waals surface area contributed by atoms with Gasteiger partial charge in [-0.25, -0.2) is 13.2 Å². The molecule has 0 aliphatic carbocycles. The summed E-state index contributed by atoms with van der Waals surface area (Å²) in [7, 11) is -1.13. The third kappa shape index (κ3) is 3.52. The highest BCUT2D eigenvalue weighted by Crippen LogP contribution is 2.15. The van der Waals surface area contributed by atoms with Crippen molar-refractivity contribution in [2.75, 3.05) is 20.6 Å². The second kappa shape index (κ2) is 5.81. The Hall–Kier alpha value is -1.93. The van der Waals surface area contributed by atoms with Crippen LogP contribution in [0.15, 0.2) is 29.2 Å². The average molecular weight is 286 g/mol. The molecule has 1 aromatic rings. The van der Waals surface area contributed by atoms with Crippen molar-refractivity contribution >= 4 is 21.9 Å². The Morgan fingerprint density at radius 3 is 2.21 bits per heavy atom. The van der Waals surface area contributed by atoms with Crippen molar-refractivity contribution in [3.63, 3.8) is 0 Å². The van der Waals surface area contributed by atoms with Crippen LogP contribution in [-0.2, 0) is 14.8 Å². The number of likely N-dealkylation sites (N-methyl/N-ethyl adjacent to an activating group) is 2. The molecule has 7 nitrogen and oxygen atoms in total. The first kappa shape index (κ1) is 15.1. The number of hydrogen-bond acceptors (Lipinski definition) is 4. The molecule has 0 spiro atoms. The van der Waals surface area contributed by atoms with E-state index >= 15 is 0 Å². The molecule has 2 N–H and O–H groups in total. The SMILES string of the molecule is CNC(=O)CN(C)S(=O)(=O)c1ccc(C(=O)O)cc1. The summed E-state index contributed by atoms with van der Waals surface area (Å²) >= 11 is 0. The van der Waals surface area contributed by atoms with Gasteiger partial charge in [-0.1, -0.05) is 0 Å². The molecule has 0 aliphatic heterocycles. The normalized spacial score (nSPS) is 11.3. The van der Waals surface area contributed by atoms with Gasteiger partial charge in [0.1, 0.15) is 0 Å². The van der Waals surface area contributed by atoms with E-state index in [1.54, 1.807) is 0 Å². The van der Waals surface area contributed by atoms with E-state index in [1.165, 1.54) is 38.4 Å². The lowest BCUT2D eigenvalue weighted by molar-refractivity contribution is -0.120. The summed E-state index contributed by atoms with van der Waals surface area (Å²) in [6.07, 6.45) is 0. The molecule has 0 aromatic heterocycles. The van der Waals surface area contributed by atoms with Gasteiger partial charge in [0.25, 0.3) is 0 Å². The highest BCUT2D eigenvalue weighted by atomic mass is 32.2. The molecule has 0 bridgehead atoms. The zero-order valence-corrected chi connectivity index (χ0v) is 11.3. The third-order valence-electron chi connectivity index (χ3n) is 2.45. The Morgan fingerprint density at radius 2 is 1.79 bits per heavy atom. The van der Waals surface area contributed by atoms with E-state index in [0.717, 1.165) is 4.31 Å². The fourth-order valence-corrected chi connectivity index (χ4v) is 2.44. The van der Waals surface area contributed by atoms with Crippen LogP contribution >= 0.6 is 0 Å². The smallest absolute Gasteiger partial charge is 0.335 e. The summed E-state index contributed by atoms with van der Waals surface area (Å²) in [5.41, 5.74) is -0.00657. The first-order valence-corrected chi connectivity index (χ1v) is 6.73. The van der Waals surface area contributed by atoms with Gasteiger partial charge in [0.15, 0.2) is 0 Å². The van der Waals surface area contributed by atoms with Crippen molar-refractivity contribution in [3.05, 3.63) is 29.8 Å². The predicted molar refractivity (Wildman–Crippen MR) is 67.3 cm³/mol. The summed E-state index contributed by atoms with van der Waals surface area (Å²) in [5, 5.41) is 11.0. The van der Waals surface area contributed by atoms with Crippen LogP contribution in [0.5, 0.6) is 0 Å². The van der Waals surface area contributed by atoms with Crippen LogP contribution in [0.25, 0.3) is 0 Å². The van der Waals surface area contributed by atoms with Crippen LogP contribution in [0.2, 0.25) is 0 Å². The molecule has 1 amide bonds. The number of carbonyl (C=O) groups is 2. The number of amides is 1. The molecule has 8 heteroatoms. The van der Waals surface area contributed by atoms with Crippen LogP contribution in [0.3, 0.4) is 0 Å². The largest absolute Gasteiger partial charge is 0.478 e. The van der Waals surface area contributed by atoms with E-state index in [2.05, 4.69) is 5.32 Å². The van der Waals surface area contributed by atoms with Gasteiger partial charge in [-0.15, -0.1) is 0 Å². The Bertz CT molecular complexity index is 580. The van der Waals surface area contributed by atoms with Crippen molar-refractivity contribution in [2.24, 2.45) is 0 Å². The van der Waals surface area contributed by atoms with E-state index in [-0.39, 0.29) is 17.0 Å². The minimum Gasteiger partial charge on any atom is -0.478 e. The number of sulfonamides is 1. The lowest BCUT2D eigenvalue weighted by Crippen LogP contribution is -2.36. The number of nitrogens with zero attached hydrogens (tertiary/aromatic N) is 1. The van der Waals surface area contributed by atoms with Gasteiger partial charge in [0, 0.05) is 14.1 Å². The lowest BCUT2D eigenvalue weighted by atomic mass is 10.2. The molecular weight excluding hydrogens is 272 g/mol. The summed E-state index contributed by atoms with van der Waals surface area (Å²) in [4.78, 5) is 21.8. The van der Waals surface area contributed by atoms with Crippen LogP contribution in [0.4, 0.5) is 0 Å². The number of carboxylic acid groups (broad SMARTS) is 1. The van der Waals surface area contributed by atoms with Crippen LogP contribution in [0, 0.1) is 0 Å². The molecule has 0 fully saturated rings. The maximum Gasteiger partial charge on any atom is 0.335 e. The molecule has 0 radical (unpaired) electrons. The minimum absolute atomic E-state index is 0.00657. The van der Waals surface area contributed by atoms with Crippen LogP contribution < -0.4 is 5.32 Å². The van der Waals surface area contributed by atoms with Gasteiger partial charge in [0.2, 0.25) is 15.9 Å². The highest BCUT2D eigenvalue weighted by Gasteiger charge is 2.22. The van der Waals surface area contributed by atoms with Gasteiger partial charge < -0.3 is 10.4 Å². The Kier molecular flexibility index (Phi) is 4.62. The zero-order chi connectivity index (χ0) is 14.6. The maximum atomic E-state index is 12.1. The molecule has 1 rings (SSSR count). The van der Waals surface area contributed by atoms with Crippen molar-refractivity contribution in [2.45, 2.75) is 4.90 Å². The van der Waals surface area contributed by atoms with Crippen molar-refractivity contribution < 1.29 is 23.1 Å². The molecule has 104 valence electrons. The van der Waals surface area contributed by atoms with Crippen molar-refractivity contribution in [1.29, 1.82) is 0 Å². The Balaban J connectivity index is 3.00. The van der Waals surface area contributed by atoms with Gasteiger partial charge in [-0.05, 0) is 24.3 Å². The molecule has 0 unspecified atom stereocenters. The fourth-order valence-electron chi connectivity index (χ4n) is 1.32. The molecule has 19 heavy (non-hydrogen) atoms. The number of benzene rings is 1. The van der Waals surface area contributed by atoms with Gasteiger partial charge in [-0.3, -0.25) is 4.79 Å². The topological polar surface area (TPSA) is 104 Å². The predicted octanol–water partition coefficient (Wildman–Crippen LogP) is -0.249. The number of rotatable bonds is 5. The summed E-state index contributed by atoms with van der Waals surface area (Å²) in [6.45, 7) is -0.306. The number of nitrogens with one attached hydrogen (secondary N) is 1. The van der Waals surface area contributed by atoms with E-state index in [4.69, 9.17) is 5.11 Å². The average Bonchev–Trinajstić information content (AvgIpc) is 2.38. The maximum absolute atomic E-state index is 12.1. The lowest BCUT2D eigenvalue weighted by Gasteiger charge is -2.16. The Morgan fingerprint density at radius 1 is 1.26 bits per heavy atom. The zero-order valence-electron chi connectivity index (χ0n) is 10.5. The number of carboxylic acids is 1. The monoisotopic (exact) mass is 286 g/mol. The van der Waals surface area contributed by atoms with Gasteiger partial charge >= 0.3 is 5.97 Å². The quantitative estimate of drug-likeness (QED) is 0.777. The van der Waals surface area contributed by atoms with Crippen LogP contribution in [0.1, 0.15) is 10.4 Å². The van der Waals surface area contributed by atoms with Crippen molar-refractivity contribution in [1.82, 2.24) is 9.62 Å². The molecular formula is C11H14N2O5S. The minimum atomic E-state index is -3.81. The molecule has 0 atom stereocenters. The van der Waals surface area contributed by atoms with Gasteiger partial charge in [0.05, 0.1) is 17.0 Å². The summed E-state index contributed by atoms with van der Waals surface area (Å²) in [5.74, 6) is -1.57. The summed E-state index contributed by atoms with van der Waals surface area (Å²) in [6, 6.07) is 4.78. The second-order valence-electron chi connectivity index (χ2n) is 3.76. The second-order valence-corrected chi connectivity index (χ2v) is 5.81. The van der Waals surface area contributed by atoms with Crippen molar-refractivity contribution in [3.8, 4) is 0 Å². The van der Waals surface area contributed by atoms with E-state index in [0.29, 0.717) is 0 Å². The Labute approximate surface area is 110 Å². The number of carbonyl (C=O) groups excluding carboxylic acids is 1. The number of aromatic carboxylic acids is 1. The highest BCUT2D eigenvalue weighted by molar-refractivity contribution is 7.89. The first-order chi connectivity index (χ1) is 8.78. The standard InChI is InChI=1S/C11H14N2O5S/c1-12-10(14)7-13(2)19(17,18)9-5-3-8(4-6-9)11(15)16/h3-6H,7H2,1-2H3,(H,12,14)(H,15,16). The van der Waals surface area contributed by atoms with E-state index < -0.39 is 21.9 Å². The van der Waals surface area contributed by atoms with Crippen LogP contribution in [-0.4, -0.2) is 50.3 Å². The number of hydrogen-bond donors (Lipinski definition) is 2. The third-order valence-corrected chi connectivity index (χ3v) is 4.27. The fraction of sp³-hybridized carbons (Fsp3) is 0.273. The summed E-state index contributed by atoms with van der Waals surface area (Å²) < 4.78 is 25.0. The van der Waals surface area contributed by atoms with E-state index in [1.807, 2.05) is 0 Å².